The fourth-order valence-electron chi connectivity index (χ4n) is 15.8. The van der Waals surface area contributed by atoms with E-state index in [0.717, 1.165) is 50.3 Å². The molecule has 2 aliphatic heterocycles. The Morgan fingerprint density at radius 1 is 0.370 bits per heavy atom. The maximum Gasteiger partial charge on any atom is 0.126 e. The van der Waals surface area contributed by atoms with E-state index in [2.05, 4.69) is 49.0 Å². The van der Waals surface area contributed by atoms with Gasteiger partial charge in [0.2, 0.25) is 0 Å². The summed E-state index contributed by atoms with van der Waals surface area (Å²) in [5, 5.41) is 9.58. The molecule has 0 amide bonds. The van der Waals surface area contributed by atoms with Crippen molar-refractivity contribution in [2.24, 2.45) is 7.05 Å². The van der Waals surface area contributed by atoms with Gasteiger partial charge in [-0.25, -0.2) is 4.98 Å². The van der Waals surface area contributed by atoms with E-state index in [1.807, 2.05) is 54.5 Å². The van der Waals surface area contributed by atoms with E-state index < -0.39 is 217 Å². The number of aliphatic hydroxyl groups excluding tert-OH is 1. The van der Waals surface area contributed by atoms with Gasteiger partial charge in [-0.2, -0.15) is 0 Å². The van der Waals surface area contributed by atoms with Crippen LogP contribution in [0.4, 0.5) is 0 Å². The number of nitrogens with zero attached hydrogens (tertiary/aromatic N) is 2. The standard InChI is InChI=1S/C14H13BrN2O.C9H9BrO2.B70/c1-17-8-12(16-9-17)6-10-4-5-18-14-3-2-11(15)7-13(10)14;10-6-1-2-9-7(5-6)8(11)3-4-12-9;1-37(2)55(38(3)4)64(56(39(5)6)40(7)8)68(63(53(33)34)54(35)36)70(67(61(49(25)26)50(27)28)62(51(29)30)52(31)32)69(65(57(41(9)10)42(11)12)58(43(13)14)44(15)16)66(59(45(17)18)46(19)20)60(47(21)22)48(23)24/h2-3,6-9H,4-5H2,1H3;1-2,5,8,11H,3-4H2;/b10-6+;;. The van der Waals surface area contributed by atoms with Gasteiger partial charge in [0.15, 0.2) is 0 Å². The Bertz CT molecular complexity index is 2670. The second-order valence-corrected chi connectivity index (χ2v) is 28.7. The number of fused-ring (bicyclic) bond motifs is 2. The lowest BCUT2D eigenvalue weighted by Gasteiger charge is -2.60. The Morgan fingerprint density at radius 3 is 0.890 bits per heavy atom. The Labute approximate surface area is 681 Å². The Balaban J connectivity index is 0.000000686. The van der Waals surface area contributed by atoms with Crippen molar-refractivity contribution in [1.82, 2.24) is 9.55 Å². The summed E-state index contributed by atoms with van der Waals surface area (Å²) in [7, 11) is 244. The Morgan fingerprint density at radius 2 is 0.620 bits per heavy atom. The van der Waals surface area contributed by atoms with E-state index in [1.54, 1.807) is 0 Å². The fourth-order valence-corrected chi connectivity index (χ4v) is 16.5. The highest BCUT2D eigenvalue weighted by Gasteiger charge is 2.64. The van der Waals surface area contributed by atoms with Crippen molar-refractivity contribution in [2.75, 3.05) is 13.2 Å². The highest BCUT2D eigenvalue weighted by Crippen LogP contribution is 2.37. The predicted octanol–water partition coefficient (Wildman–Crippen LogP) is -20.9. The van der Waals surface area contributed by atoms with Gasteiger partial charge in [0.25, 0.3) is 0 Å². The summed E-state index contributed by atoms with van der Waals surface area (Å²) in [4.78, 5) is 4.34. The molecule has 2 aliphatic rings. The lowest BCUT2D eigenvalue weighted by molar-refractivity contribution is 0.115. The lowest BCUT2D eigenvalue weighted by atomic mass is 8.21. The summed E-state index contributed by atoms with van der Waals surface area (Å²) in [5.41, 5.74) is 4.30. The number of aryl methyl sites for hydroxylation is 1. The quantitative estimate of drug-likeness (QED) is 0.0606. The average Bonchev–Trinajstić information content (AvgIpc) is 0.747. The first-order chi connectivity index (χ1) is 46.3. The van der Waals surface area contributed by atoms with E-state index in [1.165, 1.54) is 5.57 Å². The Kier molecular flexibility index (Phi) is 43.7. The van der Waals surface area contributed by atoms with Crippen LogP contribution in [0.3, 0.4) is 0 Å². The molecule has 1 aromatic heterocycles. The van der Waals surface area contributed by atoms with Crippen LogP contribution in [-0.4, -0.2) is 523 Å². The first-order valence-electron chi connectivity index (χ1n) is 32.7. The predicted molar refractivity (Wildman–Crippen MR) is 527 cm³/mol. The highest BCUT2D eigenvalue weighted by molar-refractivity contribution is 9.10. The van der Waals surface area contributed by atoms with Crippen LogP contribution in [0.1, 0.15) is 35.8 Å². The molecule has 72 radical (unpaired) electrons. The van der Waals surface area contributed by atoms with Gasteiger partial charge >= 0.3 is 0 Å². The van der Waals surface area contributed by atoms with Crippen molar-refractivity contribution in [3.63, 3.8) is 0 Å². The highest BCUT2D eigenvalue weighted by atomic mass is 79.9. The maximum absolute atomic E-state index is 9.58. The summed E-state index contributed by atoms with van der Waals surface area (Å²) in [6.07, 6.45) is -45.8. The molecule has 0 aliphatic carbocycles. The van der Waals surface area contributed by atoms with Gasteiger partial charge in [-0.3, -0.25) is 0 Å². The van der Waals surface area contributed by atoms with Gasteiger partial charge in [0, 0.05) is 542 Å². The van der Waals surface area contributed by atoms with Crippen LogP contribution in [0, 0.1) is 0 Å². The van der Waals surface area contributed by atoms with Crippen LogP contribution >= 0.6 is 31.9 Å². The second-order valence-electron chi connectivity index (χ2n) is 26.8. The zero-order valence-electron chi connectivity index (χ0n) is 56.9. The minimum atomic E-state index is -1.72. The molecule has 3 aromatic rings. The molecule has 366 valence electrons. The van der Waals surface area contributed by atoms with Crippen LogP contribution in [-0.2, 0) is 7.05 Å². The third-order valence-electron chi connectivity index (χ3n) is 19.6. The number of imidazole rings is 1. The minimum absolute atomic E-state index is 0.369. The van der Waals surface area contributed by atoms with Gasteiger partial charge in [-0.05, 0) is 48.0 Å². The number of hydrogen-bond donors (Lipinski definition) is 1. The van der Waals surface area contributed by atoms with Crippen LogP contribution < -0.4 is 9.47 Å². The van der Waals surface area contributed by atoms with Crippen molar-refractivity contribution in [3.8, 4) is 11.5 Å². The van der Waals surface area contributed by atoms with Crippen molar-refractivity contribution < 1.29 is 14.6 Å². The molecule has 77 heteroatoms. The number of aliphatic hydroxyl groups is 1. The molecular formula is C23H22B70Br2N2O3. The third kappa shape index (κ3) is 26.6. The van der Waals surface area contributed by atoms with Crippen molar-refractivity contribution in [1.29, 1.82) is 0 Å². The van der Waals surface area contributed by atoms with Crippen LogP contribution in [0.15, 0.2) is 57.9 Å². The summed E-state index contributed by atoms with van der Waals surface area (Å²) >= 11 is 6.86. The number of hydrogen-bond acceptors (Lipinski definition) is 4. The van der Waals surface area contributed by atoms with E-state index >= 15 is 0 Å². The zero-order valence-corrected chi connectivity index (χ0v) is 60.1. The van der Waals surface area contributed by atoms with Gasteiger partial charge in [0.05, 0.1) is 31.3 Å². The first-order valence-corrected chi connectivity index (χ1v) is 34.3. The molecule has 1 N–H and O–H groups in total. The molecule has 0 saturated carbocycles. The molecule has 0 fully saturated rings. The molecule has 3 heterocycles. The molecule has 5 nitrogen and oxygen atoms in total. The fraction of sp³-hybridized carbons (Fsp3) is 0.261. The van der Waals surface area contributed by atoms with E-state index in [9.17, 15) is 5.11 Å². The van der Waals surface area contributed by atoms with Crippen LogP contribution in [0.25, 0.3) is 11.6 Å². The number of benzene rings is 2. The monoisotopic (exact) mass is 1300 g/mol. The summed E-state index contributed by atoms with van der Waals surface area (Å²) in [6, 6.07) is 11.8. The van der Waals surface area contributed by atoms with E-state index in [-0.39, 0.29) is 6.10 Å². The topological polar surface area (TPSA) is 56.5 Å². The first kappa shape index (κ1) is 96.7. The van der Waals surface area contributed by atoms with Crippen LogP contribution in [0.2, 0.25) is 0 Å². The van der Waals surface area contributed by atoms with E-state index in [4.69, 9.17) is 288 Å². The molecule has 0 bridgehead atoms. The lowest BCUT2D eigenvalue weighted by Crippen LogP contribution is -2.98. The molecular weight excluding hydrogens is 1270 g/mol. The Hall–Kier alpha value is 2.46. The molecule has 1 unspecified atom stereocenters. The maximum atomic E-state index is 9.58. The van der Waals surface area contributed by atoms with Crippen molar-refractivity contribution in [2.45, 2.75) is 18.9 Å². The SMILES string of the molecule is Cn1cnc(/C=C2\CCOc3ccc(Br)cc32)c1.OC1CCOc2ccc(Br)cc21.[B]B([B])B(B([B])[B])B(B(B([B])[B])B([B])[B])B(B(B([B])[B])B([B])[B])B(B(B(B([B])[B])B([B])[B])B(B([B])[B])B([B])[B])B(B(B(B([B])[B])B([B])[B])B(B([B])[B])B([B])[B])B(B(B([B])[B])B([B])[B])B(B([B])[B])B([B])[B]. The minimum Gasteiger partial charge on any atom is -0.493 e. The van der Waals surface area contributed by atoms with Gasteiger partial charge in [0.1, 0.15) is 11.5 Å². The molecule has 1 atom stereocenters. The summed E-state index contributed by atoms with van der Waals surface area (Å²) in [5.74, 6) is 1.75. The van der Waals surface area contributed by atoms with Gasteiger partial charge < -0.3 is 19.1 Å². The number of halogens is 2. The zero-order chi connectivity index (χ0) is 76.7. The molecule has 2 aromatic carbocycles. The van der Waals surface area contributed by atoms with Crippen molar-refractivity contribution in [3.05, 3.63) is 74.7 Å². The van der Waals surface area contributed by atoms with Gasteiger partial charge in [-0.15, -0.1) is 0 Å². The van der Waals surface area contributed by atoms with Crippen LogP contribution in [0.5, 0.6) is 11.5 Å². The number of rotatable bonds is 34. The van der Waals surface area contributed by atoms with Crippen molar-refractivity contribution >= 4 is 539 Å². The average molecular weight is 1290 g/mol. The molecule has 100 heavy (non-hydrogen) atoms. The summed E-state index contributed by atoms with van der Waals surface area (Å²) < 4.78 is 15.0. The number of ether oxygens (including phenoxy) is 2. The second kappa shape index (κ2) is 45.2. The largest absolute Gasteiger partial charge is 0.493 e. The third-order valence-corrected chi connectivity index (χ3v) is 20.6. The van der Waals surface area contributed by atoms with Gasteiger partial charge in [-0.1, -0.05) is 31.9 Å². The molecule has 0 spiro atoms. The summed E-state index contributed by atoms with van der Waals surface area (Å²) in [6.45, 7) is 1.34. The van der Waals surface area contributed by atoms with E-state index in [0.29, 0.717) is 13.0 Å². The smallest absolute Gasteiger partial charge is 0.126 e. The number of aromatic nitrogens is 2. The molecule has 0 saturated heterocycles. The normalized spacial score (nSPS) is 12.4. The molecule has 5 rings (SSSR count).